The maximum absolute atomic E-state index is 13.1. The average molecular weight is 358 g/mol. The van der Waals surface area contributed by atoms with Gasteiger partial charge < -0.3 is 4.74 Å². The van der Waals surface area contributed by atoms with Crippen LogP contribution in [0.3, 0.4) is 0 Å². The number of hydrogen-bond acceptors (Lipinski definition) is 5. The van der Waals surface area contributed by atoms with E-state index in [9.17, 15) is 13.2 Å². The second kappa shape index (κ2) is 6.25. The van der Waals surface area contributed by atoms with Crippen LogP contribution in [0.4, 0.5) is 11.4 Å². The Morgan fingerprint density at radius 3 is 2.00 bits per heavy atom. The first-order valence-corrected chi connectivity index (χ1v) is 9.63. The summed E-state index contributed by atoms with van der Waals surface area (Å²) in [5, 5.41) is 0. The van der Waals surface area contributed by atoms with E-state index in [2.05, 4.69) is 0 Å². The maximum Gasteiger partial charge on any atom is 0.245 e. The first-order chi connectivity index (χ1) is 12.1. The van der Waals surface area contributed by atoms with E-state index in [1.54, 1.807) is 48.5 Å². The lowest BCUT2D eigenvalue weighted by Crippen LogP contribution is -2.44. The zero-order valence-electron chi connectivity index (χ0n) is 13.6. The van der Waals surface area contributed by atoms with Crippen LogP contribution in [0.15, 0.2) is 58.3 Å². The van der Waals surface area contributed by atoms with E-state index >= 15 is 0 Å². The molecule has 2 heterocycles. The van der Waals surface area contributed by atoms with Crippen molar-refractivity contribution in [1.82, 2.24) is 4.90 Å². The van der Waals surface area contributed by atoms with Crippen LogP contribution >= 0.6 is 0 Å². The summed E-state index contributed by atoms with van der Waals surface area (Å²) in [4.78, 5) is 16.9. The molecule has 2 aromatic rings. The zero-order chi connectivity index (χ0) is 17.4. The smallest absolute Gasteiger partial charge is 0.245 e. The van der Waals surface area contributed by atoms with Crippen LogP contribution in [0, 0.1) is 0 Å². The Bertz CT molecular complexity index is 867. The lowest BCUT2D eigenvalue weighted by molar-refractivity contribution is -0.120. The fraction of sp³-hybridized carbons (Fsp3) is 0.278. The van der Waals surface area contributed by atoms with Crippen molar-refractivity contribution in [2.24, 2.45) is 0 Å². The summed E-state index contributed by atoms with van der Waals surface area (Å²) in [5.41, 5.74) is 0.832. The van der Waals surface area contributed by atoms with Gasteiger partial charge in [0, 0.05) is 13.1 Å². The van der Waals surface area contributed by atoms with Gasteiger partial charge in [-0.25, -0.2) is 8.42 Å². The number of nitrogens with zero attached hydrogens (tertiary/aromatic N) is 2. The van der Waals surface area contributed by atoms with Gasteiger partial charge in [-0.1, -0.05) is 24.3 Å². The van der Waals surface area contributed by atoms with Crippen LogP contribution in [0.5, 0.6) is 0 Å². The van der Waals surface area contributed by atoms with Gasteiger partial charge in [0.2, 0.25) is 15.7 Å². The number of morpholine rings is 1. The monoisotopic (exact) mass is 358 g/mol. The Morgan fingerprint density at radius 1 is 0.920 bits per heavy atom. The number of carbonyl (C=O) groups excluding carboxylic acids is 1. The lowest BCUT2D eigenvalue weighted by Gasteiger charge is -2.33. The Balaban J connectivity index is 1.79. The third kappa shape index (κ3) is 2.74. The minimum atomic E-state index is -3.63. The zero-order valence-corrected chi connectivity index (χ0v) is 14.4. The predicted molar refractivity (Wildman–Crippen MR) is 92.7 cm³/mol. The molecule has 4 rings (SSSR count). The molecule has 0 atom stereocenters. The van der Waals surface area contributed by atoms with E-state index in [1.807, 2.05) is 4.90 Å². The average Bonchev–Trinajstić information content (AvgIpc) is 2.63. The van der Waals surface area contributed by atoms with Crippen molar-refractivity contribution in [2.45, 2.75) is 9.79 Å². The molecule has 1 fully saturated rings. The van der Waals surface area contributed by atoms with E-state index in [4.69, 9.17) is 4.74 Å². The molecule has 7 heteroatoms. The van der Waals surface area contributed by atoms with Crippen LogP contribution < -0.4 is 4.90 Å². The summed E-state index contributed by atoms with van der Waals surface area (Å²) in [6, 6.07) is 13.3. The van der Waals surface area contributed by atoms with Gasteiger partial charge in [0.05, 0.1) is 40.9 Å². The number of sulfone groups is 1. The molecular weight excluding hydrogens is 340 g/mol. The fourth-order valence-corrected chi connectivity index (χ4v) is 4.90. The number of fused-ring (bicyclic) bond motifs is 2. The highest BCUT2D eigenvalue weighted by Gasteiger charge is 2.36. The van der Waals surface area contributed by atoms with Gasteiger partial charge >= 0.3 is 0 Å². The van der Waals surface area contributed by atoms with Crippen LogP contribution in [-0.4, -0.2) is 52.1 Å². The topological polar surface area (TPSA) is 66.9 Å². The number of para-hydroxylation sites is 2. The molecule has 0 bridgehead atoms. The van der Waals surface area contributed by atoms with Gasteiger partial charge in [0.15, 0.2) is 0 Å². The molecule has 0 aliphatic carbocycles. The number of rotatable bonds is 2. The second-order valence-electron chi connectivity index (χ2n) is 6.06. The highest BCUT2D eigenvalue weighted by Crippen LogP contribution is 2.43. The third-order valence-corrected chi connectivity index (χ3v) is 6.35. The minimum Gasteiger partial charge on any atom is -0.379 e. The molecule has 2 aromatic carbocycles. The molecule has 2 aliphatic rings. The molecule has 130 valence electrons. The standard InChI is InChI=1S/C18H18N2O4S/c21-18(13-19-9-11-24-12-10-19)20-14-5-1-3-7-16(14)25(22,23)17-8-4-2-6-15(17)20/h1-8H,9-13H2. The van der Waals surface area contributed by atoms with Gasteiger partial charge in [0.25, 0.3) is 0 Å². The normalized spacial score (nSPS) is 19.1. The molecule has 0 unspecified atom stereocenters. The van der Waals surface area contributed by atoms with Crippen molar-refractivity contribution in [3.63, 3.8) is 0 Å². The molecule has 0 N–H and O–H groups in total. The molecule has 2 aliphatic heterocycles. The van der Waals surface area contributed by atoms with Gasteiger partial charge in [-0.2, -0.15) is 0 Å². The number of ether oxygens (including phenoxy) is 1. The Hall–Kier alpha value is -2.22. The van der Waals surface area contributed by atoms with Gasteiger partial charge in [-0.3, -0.25) is 14.6 Å². The van der Waals surface area contributed by atoms with Gasteiger partial charge in [-0.05, 0) is 24.3 Å². The molecule has 0 radical (unpaired) electrons. The van der Waals surface area contributed by atoms with Crippen molar-refractivity contribution in [2.75, 3.05) is 37.7 Å². The second-order valence-corrected chi connectivity index (χ2v) is 7.94. The summed E-state index contributed by atoms with van der Waals surface area (Å²) >= 11 is 0. The molecule has 6 nitrogen and oxygen atoms in total. The first kappa shape index (κ1) is 16.3. The molecule has 0 saturated carbocycles. The molecule has 0 aromatic heterocycles. The minimum absolute atomic E-state index is 0.142. The van der Waals surface area contributed by atoms with Crippen molar-refractivity contribution in [3.05, 3.63) is 48.5 Å². The molecule has 1 saturated heterocycles. The summed E-state index contributed by atoms with van der Waals surface area (Å²) in [5.74, 6) is -0.142. The Labute approximate surface area is 146 Å². The molecule has 0 spiro atoms. The Morgan fingerprint density at radius 2 is 1.44 bits per heavy atom. The highest BCUT2D eigenvalue weighted by atomic mass is 32.2. The molecule has 1 amide bonds. The number of anilines is 2. The number of hydrogen-bond donors (Lipinski definition) is 0. The lowest BCUT2D eigenvalue weighted by atomic mass is 10.2. The summed E-state index contributed by atoms with van der Waals surface area (Å²) in [6.45, 7) is 2.83. The van der Waals surface area contributed by atoms with E-state index in [1.165, 1.54) is 4.90 Å². The molecular formula is C18H18N2O4S. The SMILES string of the molecule is O=C(CN1CCOCC1)N1c2ccccc2S(=O)(=O)c2ccccc21. The van der Waals surface area contributed by atoms with Gasteiger partial charge in [0.1, 0.15) is 0 Å². The summed E-state index contributed by atoms with van der Waals surface area (Å²) < 4.78 is 31.1. The third-order valence-electron chi connectivity index (χ3n) is 4.50. The summed E-state index contributed by atoms with van der Waals surface area (Å²) in [6.07, 6.45) is 0. The van der Waals surface area contributed by atoms with Crippen molar-refractivity contribution in [3.8, 4) is 0 Å². The van der Waals surface area contributed by atoms with E-state index in [0.717, 1.165) is 0 Å². The fourth-order valence-electron chi connectivity index (χ4n) is 3.28. The summed E-state index contributed by atoms with van der Waals surface area (Å²) in [7, 11) is -3.63. The maximum atomic E-state index is 13.1. The number of carbonyl (C=O) groups is 1. The Kier molecular flexibility index (Phi) is 4.07. The van der Waals surface area contributed by atoms with Crippen molar-refractivity contribution >= 4 is 27.1 Å². The number of amides is 1. The van der Waals surface area contributed by atoms with Crippen molar-refractivity contribution < 1.29 is 17.9 Å². The first-order valence-electron chi connectivity index (χ1n) is 8.15. The van der Waals surface area contributed by atoms with Crippen LogP contribution in [0.1, 0.15) is 0 Å². The van der Waals surface area contributed by atoms with Crippen LogP contribution in [-0.2, 0) is 19.4 Å². The quantitative estimate of drug-likeness (QED) is 0.819. The van der Waals surface area contributed by atoms with Crippen LogP contribution in [0.2, 0.25) is 0 Å². The predicted octanol–water partition coefficient (Wildman–Crippen LogP) is 1.83. The van der Waals surface area contributed by atoms with E-state index in [0.29, 0.717) is 37.7 Å². The van der Waals surface area contributed by atoms with E-state index in [-0.39, 0.29) is 22.2 Å². The number of benzene rings is 2. The van der Waals surface area contributed by atoms with E-state index < -0.39 is 9.84 Å². The molecule has 25 heavy (non-hydrogen) atoms. The van der Waals surface area contributed by atoms with Crippen molar-refractivity contribution in [1.29, 1.82) is 0 Å². The highest BCUT2D eigenvalue weighted by molar-refractivity contribution is 7.92. The largest absolute Gasteiger partial charge is 0.379 e. The van der Waals surface area contributed by atoms with Crippen LogP contribution in [0.25, 0.3) is 0 Å². The van der Waals surface area contributed by atoms with Gasteiger partial charge in [-0.15, -0.1) is 0 Å².